The maximum atomic E-state index is 12.6. The molecule has 0 aliphatic heterocycles. The van der Waals surface area contributed by atoms with Gasteiger partial charge in [-0.3, -0.25) is 0 Å². The van der Waals surface area contributed by atoms with Crippen molar-refractivity contribution >= 4 is 65.0 Å². The highest BCUT2D eigenvalue weighted by Crippen LogP contribution is 2.42. The van der Waals surface area contributed by atoms with E-state index in [1.807, 2.05) is 23.8 Å². The third-order valence-corrected chi connectivity index (χ3v) is 8.60. The summed E-state index contributed by atoms with van der Waals surface area (Å²) < 4.78 is 28.2. The number of hydrogen-bond acceptors (Lipinski definition) is 7. The standard InChI is InChI=1S/C25H26BrN5O3S2/c1-3-5-14-27-25(32)31-36(33,34)19-12-10-18(11-13-19)30-23-22-21(16-6-8-17(26)9-7-16)20(4-2)35-24(22)29-15-28-23/h6-13,15H,3-5,14H2,1-2H3,(H2,27,31,32)(H,28,29,30). The molecule has 0 spiro atoms. The van der Waals surface area contributed by atoms with Crippen molar-refractivity contribution in [1.29, 1.82) is 0 Å². The van der Waals surface area contributed by atoms with Gasteiger partial charge in [-0.2, -0.15) is 0 Å². The summed E-state index contributed by atoms with van der Waals surface area (Å²) >= 11 is 5.13. The second-order valence-electron chi connectivity index (χ2n) is 8.03. The van der Waals surface area contributed by atoms with Crippen LogP contribution >= 0.6 is 27.3 Å². The van der Waals surface area contributed by atoms with Crippen molar-refractivity contribution in [3.8, 4) is 11.1 Å². The first kappa shape index (κ1) is 26.1. The lowest BCUT2D eigenvalue weighted by atomic mass is 10.0. The van der Waals surface area contributed by atoms with Gasteiger partial charge in [-0.25, -0.2) is 27.9 Å². The number of aryl methyl sites for hydroxylation is 1. The van der Waals surface area contributed by atoms with E-state index >= 15 is 0 Å². The van der Waals surface area contributed by atoms with E-state index in [2.05, 4.69) is 55.6 Å². The van der Waals surface area contributed by atoms with Crippen LogP contribution in [-0.4, -0.2) is 31.0 Å². The van der Waals surface area contributed by atoms with Crippen LogP contribution in [0.2, 0.25) is 0 Å². The SMILES string of the molecule is CCCCNC(=O)NS(=O)(=O)c1ccc(Nc2ncnc3sc(CC)c(-c4ccc(Br)cc4)c23)cc1. The lowest BCUT2D eigenvalue weighted by molar-refractivity contribution is 0.245. The van der Waals surface area contributed by atoms with Crippen LogP contribution in [0.25, 0.3) is 21.3 Å². The number of sulfonamides is 1. The van der Waals surface area contributed by atoms with Gasteiger partial charge in [0.25, 0.3) is 10.0 Å². The Morgan fingerprint density at radius 3 is 2.42 bits per heavy atom. The molecule has 0 aliphatic carbocycles. The Kier molecular flexibility index (Phi) is 8.22. The van der Waals surface area contributed by atoms with Crippen molar-refractivity contribution in [3.63, 3.8) is 0 Å². The smallest absolute Gasteiger partial charge is 0.328 e. The zero-order valence-corrected chi connectivity index (χ0v) is 23.1. The first-order chi connectivity index (χ1) is 17.3. The van der Waals surface area contributed by atoms with Crippen molar-refractivity contribution in [2.75, 3.05) is 11.9 Å². The molecule has 2 amide bonds. The van der Waals surface area contributed by atoms with Crippen LogP contribution in [0.15, 0.2) is 64.2 Å². The number of nitrogens with one attached hydrogen (secondary N) is 3. The molecule has 0 unspecified atom stereocenters. The number of benzene rings is 2. The third kappa shape index (κ3) is 5.85. The first-order valence-corrected chi connectivity index (χ1v) is 14.6. The molecule has 0 radical (unpaired) electrons. The summed E-state index contributed by atoms with van der Waals surface area (Å²) in [6.45, 7) is 4.52. The molecular weight excluding hydrogens is 562 g/mol. The number of halogens is 1. The molecule has 188 valence electrons. The van der Waals surface area contributed by atoms with E-state index in [1.54, 1.807) is 23.5 Å². The number of anilines is 2. The van der Waals surface area contributed by atoms with Gasteiger partial charge in [0.05, 0.1) is 10.3 Å². The molecule has 4 rings (SSSR count). The van der Waals surface area contributed by atoms with Gasteiger partial charge in [0.2, 0.25) is 0 Å². The zero-order valence-electron chi connectivity index (χ0n) is 19.8. The normalized spacial score (nSPS) is 11.4. The molecule has 8 nitrogen and oxygen atoms in total. The first-order valence-electron chi connectivity index (χ1n) is 11.5. The average molecular weight is 589 g/mol. The summed E-state index contributed by atoms with van der Waals surface area (Å²) in [7, 11) is -3.98. The van der Waals surface area contributed by atoms with Gasteiger partial charge in [-0.1, -0.05) is 48.3 Å². The van der Waals surface area contributed by atoms with Crippen LogP contribution in [0.3, 0.4) is 0 Å². The number of thiophene rings is 1. The van der Waals surface area contributed by atoms with Crippen molar-refractivity contribution in [1.82, 2.24) is 20.0 Å². The van der Waals surface area contributed by atoms with Crippen LogP contribution in [0.1, 0.15) is 31.6 Å². The summed E-state index contributed by atoms with van der Waals surface area (Å²) in [6.07, 6.45) is 4.05. The molecule has 0 aliphatic rings. The summed E-state index contributed by atoms with van der Waals surface area (Å²) in [5.74, 6) is 0.637. The Morgan fingerprint density at radius 1 is 1.03 bits per heavy atom. The molecule has 4 aromatic rings. The molecule has 2 aromatic heterocycles. The van der Waals surface area contributed by atoms with E-state index in [-0.39, 0.29) is 4.90 Å². The number of nitrogens with zero attached hydrogens (tertiary/aromatic N) is 2. The minimum atomic E-state index is -3.98. The predicted octanol–water partition coefficient (Wildman–Crippen LogP) is 6.21. The Balaban J connectivity index is 1.61. The number of aromatic nitrogens is 2. The number of rotatable bonds is 9. The highest BCUT2D eigenvalue weighted by molar-refractivity contribution is 9.10. The van der Waals surface area contributed by atoms with E-state index in [1.165, 1.54) is 23.3 Å². The molecule has 11 heteroatoms. The average Bonchev–Trinajstić information content (AvgIpc) is 3.24. The fraction of sp³-hybridized carbons (Fsp3) is 0.240. The minimum absolute atomic E-state index is 0.00844. The Labute approximate surface area is 222 Å². The lowest BCUT2D eigenvalue weighted by Gasteiger charge is -2.11. The predicted molar refractivity (Wildman–Crippen MR) is 148 cm³/mol. The van der Waals surface area contributed by atoms with Gasteiger partial charge in [-0.05, 0) is 54.8 Å². The maximum Gasteiger partial charge on any atom is 0.328 e. The minimum Gasteiger partial charge on any atom is -0.340 e. The van der Waals surface area contributed by atoms with Crippen molar-refractivity contribution < 1.29 is 13.2 Å². The number of amides is 2. The third-order valence-electron chi connectivity index (χ3n) is 5.49. The van der Waals surface area contributed by atoms with E-state index in [9.17, 15) is 13.2 Å². The van der Waals surface area contributed by atoms with Gasteiger partial charge in [0, 0.05) is 27.1 Å². The molecule has 0 bridgehead atoms. The molecule has 0 fully saturated rings. The molecule has 0 saturated heterocycles. The molecule has 0 atom stereocenters. The monoisotopic (exact) mass is 587 g/mol. The van der Waals surface area contributed by atoms with Gasteiger partial charge >= 0.3 is 6.03 Å². The van der Waals surface area contributed by atoms with E-state index in [4.69, 9.17) is 0 Å². The summed E-state index contributed by atoms with van der Waals surface area (Å²) in [5.41, 5.74) is 2.82. The van der Waals surface area contributed by atoms with Crippen LogP contribution in [-0.2, 0) is 16.4 Å². The molecular formula is C25H26BrN5O3S2. The Bertz CT molecular complexity index is 1470. The molecule has 2 aromatic carbocycles. The quantitative estimate of drug-likeness (QED) is 0.200. The van der Waals surface area contributed by atoms with Crippen LogP contribution < -0.4 is 15.4 Å². The summed E-state index contributed by atoms with van der Waals surface area (Å²) in [6, 6.07) is 13.6. The zero-order chi connectivity index (χ0) is 25.7. The second-order valence-corrected chi connectivity index (χ2v) is 11.7. The van der Waals surface area contributed by atoms with Crippen LogP contribution in [0.4, 0.5) is 16.3 Å². The Hall–Kier alpha value is -3.02. The van der Waals surface area contributed by atoms with Gasteiger partial charge < -0.3 is 10.6 Å². The highest BCUT2D eigenvalue weighted by Gasteiger charge is 2.20. The maximum absolute atomic E-state index is 12.6. The van der Waals surface area contributed by atoms with Crippen molar-refractivity contribution in [3.05, 3.63) is 64.2 Å². The van der Waals surface area contributed by atoms with Crippen LogP contribution in [0, 0.1) is 0 Å². The number of fused-ring (bicyclic) bond motifs is 1. The van der Waals surface area contributed by atoms with E-state index < -0.39 is 16.1 Å². The number of unbranched alkanes of at least 4 members (excludes halogenated alkanes) is 1. The fourth-order valence-electron chi connectivity index (χ4n) is 3.69. The summed E-state index contributed by atoms with van der Waals surface area (Å²) in [5, 5.41) is 6.77. The number of carbonyl (C=O) groups excluding carboxylic acids is 1. The molecule has 0 saturated carbocycles. The summed E-state index contributed by atoms with van der Waals surface area (Å²) in [4.78, 5) is 23.0. The fourth-order valence-corrected chi connectivity index (χ4v) is 5.99. The molecule has 3 N–H and O–H groups in total. The van der Waals surface area contributed by atoms with Gasteiger partial charge in [0.1, 0.15) is 17.0 Å². The van der Waals surface area contributed by atoms with Gasteiger partial charge in [-0.15, -0.1) is 11.3 Å². The topological polar surface area (TPSA) is 113 Å². The highest BCUT2D eigenvalue weighted by atomic mass is 79.9. The van der Waals surface area contributed by atoms with E-state index in [0.29, 0.717) is 18.1 Å². The molecule has 36 heavy (non-hydrogen) atoms. The number of carbonyl (C=O) groups is 1. The second kappa shape index (κ2) is 11.4. The van der Waals surface area contributed by atoms with E-state index in [0.717, 1.165) is 45.1 Å². The van der Waals surface area contributed by atoms with Crippen molar-refractivity contribution in [2.45, 2.75) is 38.0 Å². The van der Waals surface area contributed by atoms with Crippen molar-refractivity contribution in [2.24, 2.45) is 0 Å². The Morgan fingerprint density at radius 2 is 1.75 bits per heavy atom. The number of urea groups is 1. The van der Waals surface area contributed by atoms with Crippen LogP contribution in [0.5, 0.6) is 0 Å². The molecule has 2 heterocycles. The largest absolute Gasteiger partial charge is 0.340 e. The van der Waals surface area contributed by atoms with Gasteiger partial charge in [0.15, 0.2) is 0 Å². The number of hydrogen-bond donors (Lipinski definition) is 3. The lowest BCUT2D eigenvalue weighted by Crippen LogP contribution is -2.39.